The van der Waals surface area contributed by atoms with Crippen molar-refractivity contribution >= 4 is 28.6 Å². The summed E-state index contributed by atoms with van der Waals surface area (Å²) >= 11 is 0. The van der Waals surface area contributed by atoms with Crippen molar-refractivity contribution in [3.8, 4) is 11.3 Å². The first-order valence-corrected chi connectivity index (χ1v) is 10.6. The Morgan fingerprint density at radius 2 is 1.91 bits per heavy atom. The summed E-state index contributed by atoms with van der Waals surface area (Å²) in [5, 5.41) is 11.1. The molecule has 1 atom stereocenters. The van der Waals surface area contributed by atoms with Crippen LogP contribution in [0.1, 0.15) is 34.1 Å². The lowest BCUT2D eigenvalue weighted by Gasteiger charge is -2.26. The Hall–Kier alpha value is -3.42. The van der Waals surface area contributed by atoms with E-state index in [0.717, 1.165) is 16.5 Å². The van der Waals surface area contributed by atoms with Crippen LogP contribution in [0, 0.1) is 11.2 Å². The van der Waals surface area contributed by atoms with Gasteiger partial charge in [-0.1, -0.05) is 0 Å². The molecule has 0 radical (unpaired) electrons. The Morgan fingerprint density at radius 1 is 1.19 bits per heavy atom. The van der Waals surface area contributed by atoms with Crippen LogP contribution in [0.5, 0.6) is 0 Å². The minimum absolute atomic E-state index is 0.158. The zero-order valence-corrected chi connectivity index (χ0v) is 18.7. The maximum atomic E-state index is 13.3. The number of nitrogens with one attached hydrogen (secondary N) is 2. The molecule has 1 aliphatic heterocycles. The second-order valence-corrected chi connectivity index (χ2v) is 9.51. The number of aromatic nitrogens is 2. The highest BCUT2D eigenvalue weighted by Gasteiger charge is 2.43. The van der Waals surface area contributed by atoms with Gasteiger partial charge >= 0.3 is 6.09 Å². The van der Waals surface area contributed by atoms with Gasteiger partial charge in [0.2, 0.25) is 5.91 Å². The van der Waals surface area contributed by atoms with Crippen LogP contribution in [0.4, 0.5) is 14.9 Å². The summed E-state index contributed by atoms with van der Waals surface area (Å²) in [6.07, 6.45) is 0.144. The molecule has 0 spiro atoms. The van der Waals surface area contributed by atoms with Gasteiger partial charge in [-0.2, -0.15) is 5.10 Å². The van der Waals surface area contributed by atoms with Crippen LogP contribution in [0.15, 0.2) is 42.5 Å². The highest BCUT2D eigenvalue weighted by molar-refractivity contribution is 6.00. The Kier molecular flexibility index (Phi) is 5.40. The molecule has 1 aliphatic rings. The number of amides is 2. The maximum Gasteiger partial charge on any atom is 0.410 e. The molecular weight excluding hydrogens is 411 g/mol. The third kappa shape index (κ3) is 4.44. The van der Waals surface area contributed by atoms with E-state index >= 15 is 0 Å². The molecule has 2 N–H and O–H groups in total. The van der Waals surface area contributed by atoms with Crippen LogP contribution in [0.3, 0.4) is 0 Å². The largest absolute Gasteiger partial charge is 0.444 e. The summed E-state index contributed by atoms with van der Waals surface area (Å²) in [6.45, 7) is 8.07. The third-order valence-electron chi connectivity index (χ3n) is 5.61. The van der Waals surface area contributed by atoms with E-state index in [-0.39, 0.29) is 11.7 Å². The summed E-state index contributed by atoms with van der Waals surface area (Å²) < 4.78 is 18.7. The van der Waals surface area contributed by atoms with Gasteiger partial charge in [0.05, 0.1) is 16.6 Å². The number of nitrogens with zero attached hydrogens (tertiary/aromatic N) is 2. The molecule has 168 valence electrons. The molecule has 8 heteroatoms. The number of carbonyl (C=O) groups is 2. The fourth-order valence-electron chi connectivity index (χ4n) is 3.83. The minimum Gasteiger partial charge on any atom is -0.444 e. The van der Waals surface area contributed by atoms with Crippen LogP contribution in [-0.4, -0.2) is 45.8 Å². The molecule has 1 aromatic heterocycles. The van der Waals surface area contributed by atoms with Gasteiger partial charge in [0, 0.05) is 29.7 Å². The highest BCUT2D eigenvalue weighted by Crippen LogP contribution is 2.34. The Balaban J connectivity index is 1.51. The molecule has 2 aromatic carbocycles. The Morgan fingerprint density at radius 3 is 2.59 bits per heavy atom. The quantitative estimate of drug-likeness (QED) is 0.605. The number of carbonyl (C=O) groups excluding carboxylic acids is 2. The number of ether oxygens (including phenoxy) is 1. The van der Waals surface area contributed by atoms with Crippen molar-refractivity contribution in [3.05, 3.63) is 48.3 Å². The van der Waals surface area contributed by atoms with Crippen molar-refractivity contribution in [2.45, 2.75) is 39.7 Å². The number of aromatic amines is 1. The van der Waals surface area contributed by atoms with E-state index in [1.165, 1.54) is 12.1 Å². The van der Waals surface area contributed by atoms with Gasteiger partial charge in [0.1, 0.15) is 11.4 Å². The standard InChI is InChI=1S/C24H27FN4O3/c1-23(2,3)32-22(31)29-12-11-24(4,14-29)21(30)26-17-9-10-19-18(13-17)20(28-27-19)15-5-7-16(25)8-6-15/h5-10,13H,11-12,14H2,1-4H3,(H,26,30)(H,27,28)/t24-/m1/s1. The predicted octanol–water partition coefficient (Wildman–Crippen LogP) is 4.95. The minimum atomic E-state index is -0.720. The third-order valence-corrected chi connectivity index (χ3v) is 5.61. The van der Waals surface area contributed by atoms with E-state index in [4.69, 9.17) is 4.74 Å². The number of likely N-dealkylation sites (tertiary alicyclic amines) is 1. The topological polar surface area (TPSA) is 87.3 Å². The highest BCUT2D eigenvalue weighted by atomic mass is 19.1. The smallest absolute Gasteiger partial charge is 0.410 e. The summed E-state index contributed by atoms with van der Waals surface area (Å²) in [5.41, 5.74) is 1.59. The summed E-state index contributed by atoms with van der Waals surface area (Å²) in [6, 6.07) is 11.6. The second-order valence-electron chi connectivity index (χ2n) is 9.51. The SMILES string of the molecule is CC(C)(C)OC(=O)N1CC[C@@](C)(C(=O)Nc2ccc3[nH]nc(-c4ccc(F)cc4)c3c2)C1. The number of anilines is 1. The van der Waals surface area contributed by atoms with Crippen LogP contribution in [-0.2, 0) is 9.53 Å². The van der Waals surface area contributed by atoms with Crippen molar-refractivity contribution in [1.82, 2.24) is 15.1 Å². The van der Waals surface area contributed by atoms with Crippen LogP contribution < -0.4 is 5.32 Å². The van der Waals surface area contributed by atoms with Crippen LogP contribution in [0.25, 0.3) is 22.2 Å². The molecule has 0 aliphatic carbocycles. The summed E-state index contributed by atoms with van der Waals surface area (Å²) in [5.74, 6) is -0.471. The van der Waals surface area contributed by atoms with Crippen molar-refractivity contribution in [1.29, 1.82) is 0 Å². The van der Waals surface area contributed by atoms with Gasteiger partial charge in [0.25, 0.3) is 0 Å². The molecule has 1 saturated heterocycles. The summed E-state index contributed by atoms with van der Waals surface area (Å²) in [4.78, 5) is 27.1. The van der Waals surface area contributed by atoms with Crippen molar-refractivity contribution < 1.29 is 18.7 Å². The Labute approximate surface area is 185 Å². The Bertz CT molecular complexity index is 1170. The molecule has 32 heavy (non-hydrogen) atoms. The number of halogens is 1. The molecule has 2 amide bonds. The monoisotopic (exact) mass is 438 g/mol. The predicted molar refractivity (Wildman–Crippen MR) is 121 cm³/mol. The van der Waals surface area contributed by atoms with Gasteiger partial charge in [-0.15, -0.1) is 0 Å². The zero-order valence-electron chi connectivity index (χ0n) is 18.7. The van der Waals surface area contributed by atoms with Gasteiger partial charge in [-0.3, -0.25) is 9.89 Å². The molecule has 4 rings (SSSR count). The number of fused-ring (bicyclic) bond motifs is 1. The van der Waals surface area contributed by atoms with Gasteiger partial charge in [-0.25, -0.2) is 9.18 Å². The van der Waals surface area contributed by atoms with Crippen LogP contribution >= 0.6 is 0 Å². The van der Waals surface area contributed by atoms with Gasteiger partial charge in [-0.05, 0) is 76.6 Å². The molecule has 0 bridgehead atoms. The molecule has 0 unspecified atom stereocenters. The van der Waals surface area contributed by atoms with Crippen molar-refractivity contribution in [2.24, 2.45) is 5.41 Å². The lowest BCUT2D eigenvalue weighted by atomic mass is 9.88. The fourth-order valence-corrected chi connectivity index (χ4v) is 3.83. The average Bonchev–Trinajstić information content (AvgIpc) is 3.32. The molecular formula is C24H27FN4O3. The lowest BCUT2D eigenvalue weighted by molar-refractivity contribution is -0.124. The number of hydrogen-bond donors (Lipinski definition) is 2. The first-order chi connectivity index (χ1) is 15.0. The van der Waals surface area contributed by atoms with E-state index in [2.05, 4.69) is 15.5 Å². The number of rotatable bonds is 3. The molecule has 1 fully saturated rings. The molecule has 0 saturated carbocycles. The van der Waals surface area contributed by atoms with E-state index in [1.807, 2.05) is 39.8 Å². The first kappa shape index (κ1) is 21.8. The lowest BCUT2D eigenvalue weighted by Crippen LogP contribution is -2.40. The number of H-pyrrole nitrogens is 1. The first-order valence-electron chi connectivity index (χ1n) is 10.6. The number of benzene rings is 2. The van der Waals surface area contributed by atoms with Crippen molar-refractivity contribution in [3.63, 3.8) is 0 Å². The molecule has 3 aromatic rings. The van der Waals surface area contributed by atoms with E-state index < -0.39 is 17.1 Å². The van der Waals surface area contributed by atoms with Crippen molar-refractivity contribution in [2.75, 3.05) is 18.4 Å². The number of hydrogen-bond acceptors (Lipinski definition) is 4. The van der Waals surface area contributed by atoms with Gasteiger partial charge < -0.3 is 15.0 Å². The normalized spacial score (nSPS) is 18.7. The maximum absolute atomic E-state index is 13.3. The van der Waals surface area contributed by atoms with Crippen LogP contribution in [0.2, 0.25) is 0 Å². The molecule has 7 nitrogen and oxygen atoms in total. The van der Waals surface area contributed by atoms with E-state index in [9.17, 15) is 14.0 Å². The van der Waals surface area contributed by atoms with E-state index in [0.29, 0.717) is 30.9 Å². The summed E-state index contributed by atoms with van der Waals surface area (Å²) in [7, 11) is 0. The fraction of sp³-hybridized carbons (Fsp3) is 0.375. The molecule has 2 heterocycles. The van der Waals surface area contributed by atoms with E-state index in [1.54, 1.807) is 23.1 Å². The van der Waals surface area contributed by atoms with Gasteiger partial charge in [0.15, 0.2) is 0 Å². The average molecular weight is 439 g/mol. The zero-order chi connectivity index (χ0) is 23.1. The second kappa shape index (κ2) is 7.93.